The fraction of sp³-hybridized carbons (Fsp3) is 0.188. The molecule has 2 aromatic carbocycles. The van der Waals surface area contributed by atoms with Gasteiger partial charge in [-0.15, -0.1) is 0 Å². The van der Waals surface area contributed by atoms with Crippen LogP contribution in [0.2, 0.25) is 0 Å². The minimum Gasteiger partial charge on any atom is -0.392 e. The molecule has 0 fully saturated rings. The molecule has 3 aromatic rings. The van der Waals surface area contributed by atoms with Crippen molar-refractivity contribution in [3.05, 3.63) is 54.4 Å². The molecule has 0 amide bonds. The molecule has 1 aromatic heterocycles. The summed E-state index contributed by atoms with van der Waals surface area (Å²) in [6.07, 6.45) is 1.89. The highest BCUT2D eigenvalue weighted by atomic mass is 16.3. The Labute approximate surface area is 112 Å². The molecule has 3 nitrogen and oxygen atoms in total. The number of aromatic nitrogens is 2. The van der Waals surface area contributed by atoms with Crippen LogP contribution < -0.4 is 0 Å². The van der Waals surface area contributed by atoms with E-state index in [1.165, 1.54) is 0 Å². The molecule has 3 rings (SSSR count). The van der Waals surface area contributed by atoms with E-state index in [1.54, 1.807) is 0 Å². The van der Waals surface area contributed by atoms with Crippen LogP contribution in [0.25, 0.3) is 22.2 Å². The predicted octanol–water partition coefficient (Wildman–Crippen LogP) is 3.22. The molecular formula is C16H16N2O. The van der Waals surface area contributed by atoms with Crippen molar-refractivity contribution in [2.75, 3.05) is 0 Å². The lowest BCUT2D eigenvalue weighted by Crippen LogP contribution is -1.90. The van der Waals surface area contributed by atoms with Gasteiger partial charge in [-0.05, 0) is 24.1 Å². The normalized spacial score (nSPS) is 11.1. The lowest BCUT2D eigenvalue weighted by molar-refractivity contribution is 0.282. The Hall–Kier alpha value is -2.13. The van der Waals surface area contributed by atoms with Gasteiger partial charge in [-0.3, -0.25) is 0 Å². The third-order valence-electron chi connectivity index (χ3n) is 3.44. The molecule has 1 N–H and O–H groups in total. The molecule has 19 heavy (non-hydrogen) atoms. The molecule has 1 heterocycles. The number of nitrogens with zero attached hydrogens (tertiary/aromatic N) is 2. The smallest absolute Gasteiger partial charge is 0.0963 e. The molecular weight excluding hydrogens is 236 g/mol. The second-order valence-corrected chi connectivity index (χ2v) is 4.56. The molecule has 96 valence electrons. The van der Waals surface area contributed by atoms with E-state index in [-0.39, 0.29) is 6.61 Å². The van der Waals surface area contributed by atoms with E-state index in [4.69, 9.17) is 5.11 Å². The monoisotopic (exact) mass is 252 g/mol. The summed E-state index contributed by atoms with van der Waals surface area (Å²) in [5, 5.41) is 9.09. The van der Waals surface area contributed by atoms with Gasteiger partial charge >= 0.3 is 0 Å². The number of hydrogen-bond donors (Lipinski definition) is 1. The molecule has 0 unspecified atom stereocenters. The fourth-order valence-corrected chi connectivity index (χ4v) is 2.36. The number of aliphatic hydroxyl groups excluding tert-OH is 1. The van der Waals surface area contributed by atoms with Crippen LogP contribution in [0.3, 0.4) is 0 Å². The summed E-state index contributed by atoms with van der Waals surface area (Å²) in [7, 11) is 0. The van der Waals surface area contributed by atoms with Gasteiger partial charge in [0.2, 0.25) is 0 Å². The van der Waals surface area contributed by atoms with Crippen LogP contribution in [0.1, 0.15) is 12.5 Å². The minimum absolute atomic E-state index is 0.0783. The first-order chi connectivity index (χ1) is 9.33. The lowest BCUT2D eigenvalue weighted by Gasteiger charge is -2.05. The molecule has 0 saturated carbocycles. The molecule has 0 spiro atoms. The topological polar surface area (TPSA) is 38.0 Å². The highest BCUT2D eigenvalue weighted by molar-refractivity contribution is 5.92. The van der Waals surface area contributed by atoms with Crippen molar-refractivity contribution in [1.29, 1.82) is 0 Å². The predicted molar refractivity (Wildman–Crippen MR) is 76.8 cm³/mol. The number of aryl methyl sites for hydroxylation is 1. The number of fused-ring (bicyclic) bond motifs is 1. The number of benzene rings is 2. The molecule has 0 atom stereocenters. The van der Waals surface area contributed by atoms with Gasteiger partial charge in [0.15, 0.2) is 0 Å². The van der Waals surface area contributed by atoms with Gasteiger partial charge in [-0.25, -0.2) is 4.98 Å². The Morgan fingerprint density at radius 3 is 2.58 bits per heavy atom. The average molecular weight is 252 g/mol. The van der Waals surface area contributed by atoms with E-state index < -0.39 is 0 Å². The molecule has 0 aliphatic rings. The Morgan fingerprint density at radius 2 is 1.89 bits per heavy atom. The zero-order valence-corrected chi connectivity index (χ0v) is 10.9. The first kappa shape index (κ1) is 11.9. The van der Waals surface area contributed by atoms with Crippen molar-refractivity contribution in [2.45, 2.75) is 20.1 Å². The fourth-order valence-electron chi connectivity index (χ4n) is 2.36. The zero-order chi connectivity index (χ0) is 13.2. The summed E-state index contributed by atoms with van der Waals surface area (Å²) in [5.74, 6) is 0. The third-order valence-corrected chi connectivity index (χ3v) is 3.44. The van der Waals surface area contributed by atoms with Crippen LogP contribution in [-0.2, 0) is 13.2 Å². The van der Waals surface area contributed by atoms with Crippen LogP contribution in [-0.4, -0.2) is 14.7 Å². The number of rotatable bonds is 3. The van der Waals surface area contributed by atoms with E-state index in [9.17, 15) is 0 Å². The largest absolute Gasteiger partial charge is 0.392 e. The maximum absolute atomic E-state index is 9.09. The van der Waals surface area contributed by atoms with E-state index in [2.05, 4.69) is 34.7 Å². The Balaban J connectivity index is 2.16. The molecule has 0 saturated heterocycles. The Morgan fingerprint density at radius 1 is 1.11 bits per heavy atom. The quantitative estimate of drug-likeness (QED) is 0.777. The van der Waals surface area contributed by atoms with Gasteiger partial charge in [0.1, 0.15) is 0 Å². The number of hydrogen-bond acceptors (Lipinski definition) is 2. The van der Waals surface area contributed by atoms with Crippen LogP contribution >= 0.6 is 0 Å². The van der Waals surface area contributed by atoms with Gasteiger partial charge < -0.3 is 9.67 Å². The van der Waals surface area contributed by atoms with Gasteiger partial charge in [-0.1, -0.05) is 36.4 Å². The molecule has 3 heteroatoms. The zero-order valence-electron chi connectivity index (χ0n) is 10.9. The van der Waals surface area contributed by atoms with E-state index in [0.717, 1.165) is 34.3 Å². The van der Waals surface area contributed by atoms with Crippen LogP contribution in [0.4, 0.5) is 0 Å². The number of aliphatic hydroxyl groups is 1. The van der Waals surface area contributed by atoms with Crippen LogP contribution in [0, 0.1) is 0 Å². The van der Waals surface area contributed by atoms with Gasteiger partial charge in [-0.2, -0.15) is 0 Å². The van der Waals surface area contributed by atoms with Crippen molar-refractivity contribution >= 4 is 11.0 Å². The second kappa shape index (κ2) is 4.86. The number of imidazole rings is 1. The van der Waals surface area contributed by atoms with Crippen LogP contribution in [0.15, 0.2) is 48.8 Å². The summed E-state index contributed by atoms with van der Waals surface area (Å²) in [6.45, 7) is 3.11. The average Bonchev–Trinajstić information content (AvgIpc) is 2.90. The van der Waals surface area contributed by atoms with Crippen molar-refractivity contribution in [1.82, 2.24) is 9.55 Å². The van der Waals surface area contributed by atoms with Gasteiger partial charge in [0.05, 0.1) is 24.0 Å². The minimum atomic E-state index is 0.0783. The SMILES string of the molecule is CCn1cnc2c(-c3ccc(CO)cc3)cccc21. The molecule has 0 radical (unpaired) electrons. The van der Waals surface area contributed by atoms with Crippen molar-refractivity contribution in [3.63, 3.8) is 0 Å². The van der Waals surface area contributed by atoms with Crippen molar-refractivity contribution in [2.24, 2.45) is 0 Å². The summed E-state index contributed by atoms with van der Waals surface area (Å²) in [6, 6.07) is 14.2. The van der Waals surface area contributed by atoms with E-state index in [1.807, 2.05) is 30.6 Å². The third kappa shape index (κ3) is 2.02. The maximum Gasteiger partial charge on any atom is 0.0963 e. The molecule has 0 aliphatic carbocycles. The standard InChI is InChI=1S/C16H16N2O/c1-2-18-11-17-16-14(4-3-5-15(16)18)13-8-6-12(10-19)7-9-13/h3-9,11,19H,2,10H2,1H3. The summed E-state index contributed by atoms with van der Waals surface area (Å²) >= 11 is 0. The Kier molecular flexibility index (Phi) is 3.05. The second-order valence-electron chi connectivity index (χ2n) is 4.56. The van der Waals surface area contributed by atoms with Crippen molar-refractivity contribution in [3.8, 4) is 11.1 Å². The molecule has 0 aliphatic heterocycles. The van der Waals surface area contributed by atoms with E-state index >= 15 is 0 Å². The lowest BCUT2D eigenvalue weighted by atomic mass is 10.0. The summed E-state index contributed by atoms with van der Waals surface area (Å²) < 4.78 is 2.14. The highest BCUT2D eigenvalue weighted by Gasteiger charge is 2.08. The first-order valence-corrected chi connectivity index (χ1v) is 6.47. The van der Waals surface area contributed by atoms with Crippen molar-refractivity contribution < 1.29 is 5.11 Å². The first-order valence-electron chi connectivity index (χ1n) is 6.47. The summed E-state index contributed by atoms with van der Waals surface area (Å²) in [5.41, 5.74) is 5.38. The summed E-state index contributed by atoms with van der Waals surface area (Å²) in [4.78, 5) is 4.52. The highest BCUT2D eigenvalue weighted by Crippen LogP contribution is 2.27. The maximum atomic E-state index is 9.09. The van der Waals surface area contributed by atoms with Gasteiger partial charge in [0, 0.05) is 12.1 Å². The molecule has 0 bridgehead atoms. The Bertz CT molecular complexity index is 698. The number of para-hydroxylation sites is 1. The van der Waals surface area contributed by atoms with Crippen LogP contribution in [0.5, 0.6) is 0 Å². The van der Waals surface area contributed by atoms with Gasteiger partial charge in [0.25, 0.3) is 0 Å². The van der Waals surface area contributed by atoms with E-state index in [0.29, 0.717) is 0 Å².